The molecule has 0 aliphatic carbocycles. The molecule has 0 saturated heterocycles. The third-order valence-corrected chi connectivity index (χ3v) is 7.06. The summed E-state index contributed by atoms with van der Waals surface area (Å²) in [4.78, 5) is 11.6. The van der Waals surface area contributed by atoms with Gasteiger partial charge in [0.1, 0.15) is 19.7 Å². The Bertz CT molecular complexity index is 852. The van der Waals surface area contributed by atoms with Gasteiger partial charge < -0.3 is 4.74 Å². The summed E-state index contributed by atoms with van der Waals surface area (Å²) in [5.41, 5.74) is -12.5. The topological polar surface area (TPSA) is 107 Å². The molecule has 1 N–H and O–H groups in total. The van der Waals surface area contributed by atoms with E-state index in [4.69, 9.17) is 0 Å². The van der Waals surface area contributed by atoms with Gasteiger partial charge in [0.15, 0.2) is 0 Å². The first-order valence-corrected chi connectivity index (χ1v) is 9.98. The number of ether oxygens (including phenoxy) is 1. The van der Waals surface area contributed by atoms with Crippen LogP contribution >= 0.6 is 0 Å². The highest BCUT2D eigenvalue weighted by atomic mass is 32.3. The highest BCUT2D eigenvalue weighted by Crippen LogP contribution is 2.43. The molecule has 0 radical (unpaired) electrons. The molecule has 7 nitrogen and oxygen atoms in total. The van der Waals surface area contributed by atoms with E-state index in [2.05, 4.69) is 10.1 Å². The predicted octanol–water partition coefficient (Wildman–Crippen LogP) is 3.37. The van der Waals surface area contributed by atoms with Gasteiger partial charge in [-0.1, -0.05) is 22.8 Å². The fourth-order valence-electron chi connectivity index (χ4n) is 1.75. The number of carbonyl (C=O) groups is 1. The van der Waals surface area contributed by atoms with Crippen LogP contribution in [0, 0.1) is 4.58 Å². The number of hydrogen-bond donors (Lipinski definition) is 1. The number of para-hydroxylation sites is 1. The fraction of sp³-hybridized carbons (Fsp3) is 0.385. The Morgan fingerprint density at radius 2 is 1.43 bits per heavy atom. The maximum Gasteiger partial charge on any atom is 0.469 e. The van der Waals surface area contributed by atoms with Crippen molar-refractivity contribution in [2.75, 3.05) is 5.32 Å². The van der Waals surface area contributed by atoms with Crippen molar-refractivity contribution in [2.24, 2.45) is 0 Å². The lowest BCUT2D eigenvalue weighted by molar-refractivity contribution is -0.0458. The summed E-state index contributed by atoms with van der Waals surface area (Å²) in [5.74, 6) is 0. The molecular formula is C13H12F6NO6S2-. The number of anilines is 1. The van der Waals surface area contributed by atoms with Crippen molar-refractivity contribution >= 4 is 31.5 Å². The Balaban J connectivity index is 3.09. The molecule has 28 heavy (non-hydrogen) atoms. The molecular weight excluding hydrogens is 444 g/mol. The van der Waals surface area contributed by atoms with Gasteiger partial charge in [-0.05, 0) is 19.1 Å². The molecule has 0 heterocycles. The molecule has 0 aromatic heterocycles. The van der Waals surface area contributed by atoms with Crippen molar-refractivity contribution in [1.29, 1.82) is 0 Å². The van der Waals surface area contributed by atoms with E-state index in [-0.39, 0.29) is 5.69 Å². The number of nitrogens with one attached hydrogen (secondary N) is 1. The average molecular weight is 456 g/mol. The second-order valence-electron chi connectivity index (χ2n) is 5.18. The number of alkyl halides is 6. The third-order valence-electron chi connectivity index (χ3n) is 2.99. The number of benzene rings is 1. The van der Waals surface area contributed by atoms with Crippen LogP contribution in [0.3, 0.4) is 0 Å². The molecule has 1 unspecified atom stereocenters. The van der Waals surface area contributed by atoms with Crippen LogP contribution in [0.5, 0.6) is 0 Å². The normalized spacial score (nSPS) is 14.6. The van der Waals surface area contributed by atoms with E-state index in [1.165, 1.54) is 24.3 Å². The highest BCUT2D eigenvalue weighted by molar-refractivity contribution is 8.13. The molecule has 0 aliphatic heterocycles. The Kier molecular flexibility index (Phi) is 6.98. The van der Waals surface area contributed by atoms with Gasteiger partial charge >= 0.3 is 17.1 Å². The van der Waals surface area contributed by atoms with Crippen LogP contribution in [-0.4, -0.2) is 40.0 Å². The minimum Gasteiger partial charge on any atom is -0.449 e. The molecule has 1 aromatic carbocycles. The van der Waals surface area contributed by atoms with Crippen LogP contribution in [0.2, 0.25) is 0 Å². The third kappa shape index (κ3) is 5.50. The number of halogens is 6. The van der Waals surface area contributed by atoms with Crippen LogP contribution in [0.25, 0.3) is 0 Å². The first-order valence-electron chi connectivity index (χ1n) is 7.01. The minimum absolute atomic E-state index is 0.148. The lowest BCUT2D eigenvalue weighted by Gasteiger charge is -2.33. The Labute approximate surface area is 155 Å². The number of carbonyl (C=O) groups excluding carboxylic acids is 1. The molecule has 1 atom stereocenters. The summed E-state index contributed by atoms with van der Waals surface area (Å²) in [6.45, 7) is 0.725. The van der Waals surface area contributed by atoms with E-state index in [1.54, 1.807) is 6.07 Å². The Hall–Kier alpha value is -2.03. The van der Waals surface area contributed by atoms with Gasteiger partial charge in [0.25, 0.3) is 0 Å². The highest BCUT2D eigenvalue weighted by Gasteiger charge is 2.54. The zero-order valence-electron chi connectivity index (χ0n) is 13.7. The van der Waals surface area contributed by atoms with Crippen molar-refractivity contribution in [3.8, 4) is 0 Å². The van der Waals surface area contributed by atoms with Gasteiger partial charge in [-0.25, -0.2) is 4.79 Å². The van der Waals surface area contributed by atoms with Crippen molar-refractivity contribution in [2.45, 2.75) is 30.5 Å². The van der Waals surface area contributed by atoms with E-state index in [1.807, 2.05) is 0 Å². The Morgan fingerprint density at radius 3 is 1.82 bits per heavy atom. The van der Waals surface area contributed by atoms with Gasteiger partial charge in [-0.2, -0.15) is 26.3 Å². The standard InChI is InChI=1S/C13H12F6NO6S2/c1-8(26-11(21)20-9-5-3-2-4-6-9)7-10(27(22,23)12(14,15)16)28(24,25)13(17,18)19/h2-6,8H,7H2,1H3,(H,20,21)/q-1. The van der Waals surface area contributed by atoms with Crippen molar-refractivity contribution in [3.05, 3.63) is 34.9 Å². The summed E-state index contributed by atoms with van der Waals surface area (Å²) < 4.78 is 123. The second kappa shape index (κ2) is 8.14. The van der Waals surface area contributed by atoms with E-state index < -0.39 is 53.9 Å². The summed E-state index contributed by atoms with van der Waals surface area (Å²) in [6.07, 6.45) is -5.19. The first-order chi connectivity index (χ1) is 12.5. The van der Waals surface area contributed by atoms with Crippen molar-refractivity contribution in [3.63, 3.8) is 0 Å². The van der Waals surface area contributed by atoms with Gasteiger partial charge in [0.2, 0.25) is 0 Å². The van der Waals surface area contributed by atoms with Crippen LogP contribution < -0.4 is 5.32 Å². The summed E-state index contributed by atoms with van der Waals surface area (Å²) in [5, 5.41) is 2.07. The lowest BCUT2D eigenvalue weighted by atomic mass is 10.3. The van der Waals surface area contributed by atoms with Crippen LogP contribution in [0.4, 0.5) is 36.8 Å². The molecule has 1 aromatic rings. The first kappa shape index (κ1) is 24.0. The van der Waals surface area contributed by atoms with Crippen LogP contribution in [0.15, 0.2) is 30.3 Å². The number of sulfone groups is 2. The predicted molar refractivity (Wildman–Crippen MR) is 83.8 cm³/mol. The van der Waals surface area contributed by atoms with E-state index in [0.717, 1.165) is 6.92 Å². The minimum atomic E-state index is -6.87. The average Bonchev–Trinajstić information content (AvgIpc) is 2.50. The van der Waals surface area contributed by atoms with E-state index >= 15 is 0 Å². The summed E-state index contributed by atoms with van der Waals surface area (Å²) in [6, 6.07) is 7.27. The number of rotatable bonds is 6. The molecule has 1 rings (SSSR count). The largest absolute Gasteiger partial charge is 0.469 e. The molecule has 0 bridgehead atoms. The molecule has 0 aliphatic rings. The zero-order valence-corrected chi connectivity index (χ0v) is 15.3. The maximum atomic E-state index is 12.6. The van der Waals surface area contributed by atoms with E-state index in [0.29, 0.717) is 0 Å². The molecule has 160 valence electrons. The van der Waals surface area contributed by atoms with Crippen LogP contribution in [-0.2, 0) is 24.4 Å². The maximum absolute atomic E-state index is 12.6. The van der Waals surface area contributed by atoms with Gasteiger partial charge in [-0.3, -0.25) is 22.2 Å². The molecule has 1 amide bonds. The quantitative estimate of drug-likeness (QED) is 0.520. The number of hydrogen-bond acceptors (Lipinski definition) is 6. The van der Waals surface area contributed by atoms with Gasteiger partial charge in [0, 0.05) is 5.69 Å². The van der Waals surface area contributed by atoms with Crippen LogP contribution in [0.1, 0.15) is 13.3 Å². The van der Waals surface area contributed by atoms with Gasteiger partial charge in [0.05, 0.1) is 6.10 Å². The zero-order chi connectivity index (χ0) is 22.0. The molecule has 15 heteroatoms. The lowest BCUT2D eigenvalue weighted by Crippen LogP contribution is -2.41. The van der Waals surface area contributed by atoms with E-state index in [9.17, 15) is 48.0 Å². The Morgan fingerprint density at radius 1 is 1.00 bits per heavy atom. The summed E-state index contributed by atoms with van der Waals surface area (Å²) in [7, 11) is -13.7. The molecule has 0 fully saturated rings. The monoisotopic (exact) mass is 456 g/mol. The smallest absolute Gasteiger partial charge is 0.449 e. The van der Waals surface area contributed by atoms with Gasteiger partial charge in [-0.15, -0.1) is 6.42 Å². The van der Waals surface area contributed by atoms with Crippen molar-refractivity contribution in [1.82, 2.24) is 0 Å². The molecule has 0 saturated carbocycles. The second-order valence-corrected chi connectivity index (χ2v) is 9.37. The fourth-order valence-corrected chi connectivity index (χ4v) is 4.90. The number of amides is 1. The molecule has 0 spiro atoms. The SMILES string of the molecule is CC(C[C-](S(=O)(=O)C(F)(F)F)S(=O)(=O)C(F)(F)F)OC(=O)Nc1ccccc1. The summed E-state index contributed by atoms with van der Waals surface area (Å²) >= 11 is 0. The van der Waals surface area contributed by atoms with Crippen molar-refractivity contribution < 1.29 is 52.7 Å².